The summed E-state index contributed by atoms with van der Waals surface area (Å²) in [6, 6.07) is 0. The minimum atomic E-state index is -1.48. The Hall–Kier alpha value is -0.770. The third kappa shape index (κ3) is 4.65. The molecule has 1 heterocycles. The van der Waals surface area contributed by atoms with Crippen LogP contribution in [-0.4, -0.2) is 70.1 Å². The maximum Gasteiger partial charge on any atom is 0.222 e. The molecule has 1 fully saturated rings. The molecule has 1 amide bonds. The number of rotatable bonds is 7. The number of hydrogen-bond acceptors (Lipinski definition) is 7. The van der Waals surface area contributed by atoms with Gasteiger partial charge in [-0.3, -0.25) is 4.79 Å². The zero-order chi connectivity index (χ0) is 15.1. The van der Waals surface area contributed by atoms with Crippen molar-refractivity contribution in [1.29, 1.82) is 0 Å². The highest BCUT2D eigenvalue weighted by atomic mass is 16.6. The molecule has 8 nitrogen and oxygen atoms in total. The van der Waals surface area contributed by atoms with Crippen LogP contribution in [0.2, 0.25) is 0 Å². The van der Waals surface area contributed by atoms with Gasteiger partial charge in [-0.1, -0.05) is 6.42 Å². The number of unbranched alkanes of at least 4 members (excludes halogenated alkanes) is 2. The lowest BCUT2D eigenvalue weighted by molar-refractivity contribution is -0.236. The Morgan fingerprint density at radius 3 is 2.40 bits per heavy atom. The van der Waals surface area contributed by atoms with E-state index < -0.39 is 37.3 Å². The standard InChI is InChI=1S/C12H24N2O6/c13-5-3-1-2-4-8(16)14-12-11(19)10(18)9(17)7(6-15)20-12/h7,9-12,15,17-19H,1-6,13H2,(H,14,16)/t7-,9-,10-,11-,12+/m0/s1. The highest BCUT2D eigenvalue weighted by molar-refractivity contribution is 5.76. The molecule has 1 aliphatic rings. The van der Waals surface area contributed by atoms with Gasteiger partial charge >= 0.3 is 0 Å². The van der Waals surface area contributed by atoms with Crippen molar-refractivity contribution in [1.82, 2.24) is 5.32 Å². The van der Waals surface area contributed by atoms with E-state index in [1.54, 1.807) is 0 Å². The second-order valence-electron chi connectivity index (χ2n) is 4.92. The second-order valence-corrected chi connectivity index (χ2v) is 4.92. The van der Waals surface area contributed by atoms with Gasteiger partial charge in [0.1, 0.15) is 24.4 Å². The van der Waals surface area contributed by atoms with E-state index in [1.807, 2.05) is 0 Å². The summed E-state index contributed by atoms with van der Waals surface area (Å²) in [5.74, 6) is -0.327. The lowest BCUT2D eigenvalue weighted by Gasteiger charge is -2.40. The predicted octanol–water partition coefficient (Wildman–Crippen LogP) is -2.58. The number of hydrogen-bond donors (Lipinski definition) is 6. The Kier molecular flexibility index (Phi) is 7.35. The summed E-state index contributed by atoms with van der Waals surface area (Å²) in [5, 5.41) is 40.3. The van der Waals surface area contributed by atoms with Gasteiger partial charge in [-0.15, -0.1) is 0 Å². The molecule has 1 rings (SSSR count). The number of amides is 1. The summed E-state index contributed by atoms with van der Waals surface area (Å²) in [7, 11) is 0. The lowest BCUT2D eigenvalue weighted by atomic mass is 9.98. The van der Waals surface area contributed by atoms with Crippen molar-refractivity contribution < 1.29 is 30.0 Å². The second kappa shape index (κ2) is 8.50. The molecular formula is C12H24N2O6. The Bertz CT molecular complexity index is 302. The maximum atomic E-state index is 11.7. The van der Waals surface area contributed by atoms with E-state index in [0.29, 0.717) is 13.0 Å². The molecule has 118 valence electrons. The Labute approximate surface area is 117 Å². The van der Waals surface area contributed by atoms with Crippen LogP contribution < -0.4 is 11.1 Å². The van der Waals surface area contributed by atoms with Crippen LogP contribution in [0.15, 0.2) is 0 Å². The van der Waals surface area contributed by atoms with Gasteiger partial charge in [-0.05, 0) is 19.4 Å². The number of ether oxygens (including phenoxy) is 1. The summed E-state index contributed by atoms with van der Waals surface area (Å²) in [6.07, 6.45) is -3.91. The van der Waals surface area contributed by atoms with Gasteiger partial charge in [0.25, 0.3) is 0 Å². The van der Waals surface area contributed by atoms with E-state index in [9.17, 15) is 20.1 Å². The molecule has 0 radical (unpaired) electrons. The fraction of sp³-hybridized carbons (Fsp3) is 0.917. The van der Waals surface area contributed by atoms with E-state index in [2.05, 4.69) is 5.32 Å². The van der Waals surface area contributed by atoms with Crippen molar-refractivity contribution in [3.05, 3.63) is 0 Å². The highest BCUT2D eigenvalue weighted by Crippen LogP contribution is 2.19. The van der Waals surface area contributed by atoms with Crippen LogP contribution in [0.4, 0.5) is 0 Å². The first-order chi connectivity index (χ1) is 9.51. The van der Waals surface area contributed by atoms with Crippen molar-refractivity contribution in [2.24, 2.45) is 5.73 Å². The minimum absolute atomic E-state index is 0.259. The molecule has 0 spiro atoms. The molecule has 1 aliphatic heterocycles. The predicted molar refractivity (Wildman–Crippen MR) is 69.4 cm³/mol. The van der Waals surface area contributed by atoms with Crippen LogP contribution in [0.5, 0.6) is 0 Å². The summed E-state index contributed by atoms with van der Waals surface area (Å²) in [6.45, 7) is 0.0577. The van der Waals surface area contributed by atoms with Crippen LogP contribution in [0.1, 0.15) is 25.7 Å². The van der Waals surface area contributed by atoms with Crippen LogP contribution in [0.3, 0.4) is 0 Å². The summed E-state index contributed by atoms with van der Waals surface area (Å²) in [4.78, 5) is 11.7. The van der Waals surface area contributed by atoms with Crippen LogP contribution in [0, 0.1) is 0 Å². The normalized spacial score (nSPS) is 34.0. The average molecular weight is 292 g/mol. The Morgan fingerprint density at radius 2 is 1.80 bits per heavy atom. The average Bonchev–Trinajstić information content (AvgIpc) is 2.44. The molecule has 0 aliphatic carbocycles. The van der Waals surface area contributed by atoms with E-state index in [4.69, 9.17) is 15.6 Å². The summed E-state index contributed by atoms with van der Waals surface area (Å²) >= 11 is 0. The van der Waals surface area contributed by atoms with E-state index in [0.717, 1.165) is 12.8 Å². The monoisotopic (exact) mass is 292 g/mol. The lowest BCUT2D eigenvalue weighted by Crippen LogP contribution is -2.63. The van der Waals surface area contributed by atoms with Crippen molar-refractivity contribution in [3.63, 3.8) is 0 Å². The summed E-state index contributed by atoms with van der Waals surface area (Å²) in [5.41, 5.74) is 5.34. The fourth-order valence-electron chi connectivity index (χ4n) is 2.06. The quantitative estimate of drug-likeness (QED) is 0.283. The number of carbonyl (C=O) groups is 1. The van der Waals surface area contributed by atoms with Gasteiger partial charge in [0.2, 0.25) is 5.91 Å². The topological polar surface area (TPSA) is 145 Å². The molecule has 8 heteroatoms. The third-order valence-electron chi connectivity index (χ3n) is 3.30. The number of carbonyl (C=O) groups excluding carboxylic acids is 1. The number of nitrogens with one attached hydrogen (secondary N) is 1. The van der Waals surface area contributed by atoms with Gasteiger partial charge < -0.3 is 36.2 Å². The van der Waals surface area contributed by atoms with Crippen molar-refractivity contribution in [3.8, 4) is 0 Å². The molecule has 0 aromatic carbocycles. The molecule has 5 atom stereocenters. The summed E-state index contributed by atoms with van der Waals surface area (Å²) < 4.78 is 5.17. The van der Waals surface area contributed by atoms with E-state index >= 15 is 0 Å². The fourth-order valence-corrected chi connectivity index (χ4v) is 2.06. The molecule has 0 saturated carbocycles. The Morgan fingerprint density at radius 1 is 1.10 bits per heavy atom. The van der Waals surface area contributed by atoms with Crippen molar-refractivity contribution >= 4 is 5.91 Å². The highest BCUT2D eigenvalue weighted by Gasteiger charge is 2.43. The van der Waals surface area contributed by atoms with E-state index in [-0.39, 0.29) is 12.3 Å². The third-order valence-corrected chi connectivity index (χ3v) is 3.30. The van der Waals surface area contributed by atoms with Gasteiger partial charge in [-0.2, -0.15) is 0 Å². The number of aliphatic hydroxyl groups excluding tert-OH is 4. The molecule has 0 aromatic heterocycles. The molecule has 7 N–H and O–H groups in total. The first-order valence-electron chi connectivity index (χ1n) is 6.81. The minimum Gasteiger partial charge on any atom is -0.394 e. The smallest absolute Gasteiger partial charge is 0.222 e. The number of aliphatic hydroxyl groups is 4. The van der Waals surface area contributed by atoms with Crippen LogP contribution >= 0.6 is 0 Å². The number of nitrogens with two attached hydrogens (primary N) is 1. The molecule has 0 unspecified atom stereocenters. The zero-order valence-electron chi connectivity index (χ0n) is 11.3. The molecule has 20 heavy (non-hydrogen) atoms. The molecule has 0 bridgehead atoms. The van der Waals surface area contributed by atoms with Gasteiger partial charge in [0.15, 0.2) is 6.23 Å². The first-order valence-corrected chi connectivity index (χ1v) is 6.81. The zero-order valence-corrected chi connectivity index (χ0v) is 11.3. The van der Waals surface area contributed by atoms with Crippen molar-refractivity contribution in [2.75, 3.05) is 13.2 Å². The van der Waals surface area contributed by atoms with Gasteiger partial charge in [0, 0.05) is 6.42 Å². The van der Waals surface area contributed by atoms with Crippen molar-refractivity contribution in [2.45, 2.75) is 56.3 Å². The largest absolute Gasteiger partial charge is 0.394 e. The van der Waals surface area contributed by atoms with Crippen LogP contribution in [0.25, 0.3) is 0 Å². The maximum absolute atomic E-state index is 11.7. The molecule has 0 aromatic rings. The van der Waals surface area contributed by atoms with Crippen LogP contribution in [-0.2, 0) is 9.53 Å². The first kappa shape index (κ1) is 17.3. The van der Waals surface area contributed by atoms with Gasteiger partial charge in [-0.25, -0.2) is 0 Å². The molecular weight excluding hydrogens is 268 g/mol. The van der Waals surface area contributed by atoms with E-state index in [1.165, 1.54) is 0 Å². The van der Waals surface area contributed by atoms with Gasteiger partial charge in [0.05, 0.1) is 6.61 Å². The molecule has 1 saturated heterocycles. The SMILES string of the molecule is NCCCCCC(=O)N[C@@H]1O[C@@H](CO)[C@H](O)[C@H](O)[C@@H]1O. The Balaban J connectivity index is 2.43.